The second-order valence-corrected chi connectivity index (χ2v) is 8.29. The van der Waals surface area contributed by atoms with Crippen LogP contribution in [-0.4, -0.2) is 25.0 Å². The van der Waals surface area contributed by atoms with Crippen LogP contribution in [-0.2, 0) is 7.05 Å². The lowest BCUT2D eigenvalue weighted by molar-refractivity contribution is 0.630. The molecule has 0 saturated heterocycles. The van der Waals surface area contributed by atoms with Crippen molar-refractivity contribution in [1.82, 2.24) is 20.2 Å². The van der Waals surface area contributed by atoms with Crippen molar-refractivity contribution >= 4 is 11.8 Å². The van der Waals surface area contributed by atoms with Crippen LogP contribution in [0.3, 0.4) is 0 Å². The summed E-state index contributed by atoms with van der Waals surface area (Å²) in [5.41, 5.74) is 3.27. The summed E-state index contributed by atoms with van der Waals surface area (Å²) in [6.45, 7) is 6.67. The summed E-state index contributed by atoms with van der Waals surface area (Å²) >= 11 is 1.87. The van der Waals surface area contributed by atoms with E-state index in [1.807, 2.05) is 30.0 Å². The summed E-state index contributed by atoms with van der Waals surface area (Å²) < 4.78 is 0.211. The van der Waals surface area contributed by atoms with Gasteiger partial charge in [0.15, 0.2) is 0 Å². The average Bonchev–Trinajstić information content (AvgIpc) is 2.93. The van der Waals surface area contributed by atoms with Gasteiger partial charge in [0.25, 0.3) is 0 Å². The number of hydrogen-bond acceptors (Lipinski definition) is 4. The molecular formula is C18H20N4S. The fourth-order valence-corrected chi connectivity index (χ4v) is 3.36. The fourth-order valence-electron chi connectivity index (χ4n) is 2.38. The minimum atomic E-state index is 0.211. The summed E-state index contributed by atoms with van der Waals surface area (Å²) in [7, 11) is 1.78. The third-order valence-corrected chi connectivity index (χ3v) is 4.39. The predicted molar refractivity (Wildman–Crippen MR) is 95.3 cm³/mol. The van der Waals surface area contributed by atoms with Crippen LogP contribution in [0, 0.1) is 0 Å². The largest absolute Gasteiger partial charge is 0.205 e. The van der Waals surface area contributed by atoms with Crippen LogP contribution in [0.4, 0.5) is 0 Å². The first-order valence-corrected chi connectivity index (χ1v) is 8.37. The Balaban J connectivity index is 1.96. The van der Waals surface area contributed by atoms with Crippen LogP contribution in [0.5, 0.6) is 0 Å². The molecule has 3 aromatic rings. The molecule has 0 unspecified atom stereocenters. The van der Waals surface area contributed by atoms with Gasteiger partial charge in [-0.2, -0.15) is 4.80 Å². The van der Waals surface area contributed by atoms with Crippen LogP contribution in [0.2, 0.25) is 0 Å². The molecular weight excluding hydrogens is 304 g/mol. The second-order valence-electron chi connectivity index (χ2n) is 6.39. The van der Waals surface area contributed by atoms with Gasteiger partial charge in [-0.05, 0) is 28.5 Å². The Morgan fingerprint density at radius 1 is 0.913 bits per heavy atom. The zero-order valence-electron chi connectivity index (χ0n) is 13.8. The molecule has 0 atom stereocenters. The standard InChI is InChI=1S/C18H20N4S/c1-18(2,3)23-14-11-9-13(10-12-14)15-7-5-6-8-16(15)17-19-21-22(4)20-17/h5-12H,1-4H3. The molecule has 0 aliphatic carbocycles. The van der Waals surface area contributed by atoms with Crippen molar-refractivity contribution in [3.8, 4) is 22.5 Å². The first kappa shape index (κ1) is 15.7. The van der Waals surface area contributed by atoms with Crippen LogP contribution in [0.1, 0.15) is 20.8 Å². The van der Waals surface area contributed by atoms with Gasteiger partial charge in [-0.25, -0.2) is 0 Å². The van der Waals surface area contributed by atoms with Crippen molar-refractivity contribution in [2.75, 3.05) is 0 Å². The molecule has 0 spiro atoms. The van der Waals surface area contributed by atoms with Gasteiger partial charge >= 0.3 is 0 Å². The van der Waals surface area contributed by atoms with E-state index in [1.165, 1.54) is 9.69 Å². The lowest BCUT2D eigenvalue weighted by Gasteiger charge is -2.17. The quantitative estimate of drug-likeness (QED) is 0.668. The zero-order valence-corrected chi connectivity index (χ0v) is 14.6. The topological polar surface area (TPSA) is 43.6 Å². The molecule has 23 heavy (non-hydrogen) atoms. The number of rotatable bonds is 3. The Morgan fingerprint density at radius 2 is 1.57 bits per heavy atom. The van der Waals surface area contributed by atoms with Crippen molar-refractivity contribution in [2.24, 2.45) is 7.05 Å². The van der Waals surface area contributed by atoms with Gasteiger partial charge in [-0.15, -0.1) is 22.0 Å². The van der Waals surface area contributed by atoms with E-state index in [2.05, 4.69) is 66.5 Å². The summed E-state index contributed by atoms with van der Waals surface area (Å²) in [5, 5.41) is 12.4. The molecule has 5 heteroatoms. The van der Waals surface area contributed by atoms with Crippen LogP contribution in [0.15, 0.2) is 53.4 Å². The minimum absolute atomic E-state index is 0.211. The third-order valence-electron chi connectivity index (χ3n) is 3.27. The van der Waals surface area contributed by atoms with Gasteiger partial charge in [0.1, 0.15) is 0 Å². The molecule has 0 fully saturated rings. The van der Waals surface area contributed by atoms with Crippen molar-refractivity contribution in [1.29, 1.82) is 0 Å². The van der Waals surface area contributed by atoms with Gasteiger partial charge < -0.3 is 0 Å². The minimum Gasteiger partial charge on any atom is -0.167 e. The molecule has 0 aliphatic rings. The number of thioether (sulfide) groups is 1. The number of nitrogens with zero attached hydrogens (tertiary/aromatic N) is 4. The lowest BCUT2D eigenvalue weighted by atomic mass is 9.99. The van der Waals surface area contributed by atoms with E-state index in [9.17, 15) is 0 Å². The Morgan fingerprint density at radius 3 is 2.13 bits per heavy atom. The molecule has 2 aromatic carbocycles. The number of aryl methyl sites for hydroxylation is 1. The van der Waals surface area contributed by atoms with Crippen molar-refractivity contribution in [3.05, 3.63) is 48.5 Å². The highest BCUT2D eigenvalue weighted by molar-refractivity contribution is 8.00. The van der Waals surface area contributed by atoms with E-state index < -0.39 is 0 Å². The highest BCUT2D eigenvalue weighted by atomic mass is 32.2. The van der Waals surface area contributed by atoms with Gasteiger partial charge in [0.2, 0.25) is 5.82 Å². The van der Waals surface area contributed by atoms with Gasteiger partial charge in [0, 0.05) is 15.2 Å². The zero-order chi connectivity index (χ0) is 16.4. The second kappa shape index (κ2) is 6.16. The van der Waals surface area contributed by atoms with Crippen molar-refractivity contribution in [3.63, 3.8) is 0 Å². The number of tetrazole rings is 1. The van der Waals surface area contributed by atoms with Gasteiger partial charge in [-0.1, -0.05) is 57.2 Å². The smallest absolute Gasteiger partial charge is 0.167 e. The predicted octanol–water partition coefficient (Wildman–Crippen LogP) is 4.43. The highest BCUT2D eigenvalue weighted by Crippen LogP contribution is 2.35. The van der Waals surface area contributed by atoms with Gasteiger partial charge in [-0.3, -0.25) is 0 Å². The lowest BCUT2D eigenvalue weighted by Crippen LogP contribution is -2.06. The Bertz CT molecular complexity index is 800. The molecule has 0 saturated carbocycles. The Labute approximate surface area is 140 Å². The van der Waals surface area contributed by atoms with E-state index in [0.717, 1.165) is 16.7 Å². The number of benzene rings is 2. The van der Waals surface area contributed by atoms with E-state index in [-0.39, 0.29) is 4.75 Å². The summed E-state index contributed by atoms with van der Waals surface area (Å²) in [4.78, 5) is 2.76. The van der Waals surface area contributed by atoms with Crippen LogP contribution in [0.25, 0.3) is 22.5 Å². The normalized spacial score (nSPS) is 11.7. The van der Waals surface area contributed by atoms with Gasteiger partial charge in [0.05, 0.1) is 7.05 Å². The third kappa shape index (κ3) is 3.79. The molecule has 0 N–H and O–H groups in total. The van der Waals surface area contributed by atoms with E-state index in [0.29, 0.717) is 5.82 Å². The van der Waals surface area contributed by atoms with E-state index in [4.69, 9.17) is 0 Å². The van der Waals surface area contributed by atoms with Crippen LogP contribution >= 0.6 is 11.8 Å². The molecule has 0 bridgehead atoms. The summed E-state index contributed by atoms with van der Waals surface area (Å²) in [5.74, 6) is 0.649. The maximum absolute atomic E-state index is 4.32. The number of hydrogen-bond donors (Lipinski definition) is 0. The summed E-state index contributed by atoms with van der Waals surface area (Å²) in [6, 6.07) is 16.8. The molecule has 1 heterocycles. The molecule has 3 rings (SSSR count). The molecule has 0 radical (unpaired) electrons. The van der Waals surface area contributed by atoms with Crippen molar-refractivity contribution < 1.29 is 0 Å². The van der Waals surface area contributed by atoms with E-state index >= 15 is 0 Å². The highest BCUT2D eigenvalue weighted by Gasteiger charge is 2.14. The monoisotopic (exact) mass is 324 g/mol. The molecule has 118 valence electrons. The SMILES string of the molecule is Cn1nnc(-c2ccccc2-c2ccc(SC(C)(C)C)cc2)n1. The summed E-state index contributed by atoms with van der Waals surface area (Å²) in [6.07, 6.45) is 0. The molecule has 4 nitrogen and oxygen atoms in total. The molecule has 1 aromatic heterocycles. The Kier molecular flexibility index (Phi) is 4.22. The maximum atomic E-state index is 4.32. The van der Waals surface area contributed by atoms with Crippen LogP contribution < -0.4 is 0 Å². The van der Waals surface area contributed by atoms with E-state index in [1.54, 1.807) is 7.05 Å². The van der Waals surface area contributed by atoms with Crippen molar-refractivity contribution in [2.45, 2.75) is 30.4 Å². The Hall–Kier alpha value is -2.14. The maximum Gasteiger partial charge on any atom is 0.205 e. The average molecular weight is 324 g/mol. The molecule has 0 aliphatic heterocycles. The fraction of sp³-hybridized carbons (Fsp3) is 0.278. The first-order chi connectivity index (χ1) is 10.9. The number of aromatic nitrogens is 4. The first-order valence-electron chi connectivity index (χ1n) is 7.55. The molecule has 0 amide bonds.